The third-order valence-electron chi connectivity index (χ3n) is 4.64. The van der Waals surface area contributed by atoms with E-state index in [4.69, 9.17) is 5.73 Å². The Balaban J connectivity index is 0.00000192. The lowest BCUT2D eigenvalue weighted by Gasteiger charge is -2.32. The van der Waals surface area contributed by atoms with Crippen molar-refractivity contribution in [3.63, 3.8) is 0 Å². The fourth-order valence-corrected chi connectivity index (χ4v) is 4.40. The topological polar surface area (TPSA) is 75.0 Å². The van der Waals surface area contributed by atoms with Gasteiger partial charge in [0.1, 0.15) is 10.7 Å². The van der Waals surface area contributed by atoms with Crippen LogP contribution in [-0.2, 0) is 6.54 Å². The lowest BCUT2D eigenvalue weighted by Crippen LogP contribution is -2.36. The van der Waals surface area contributed by atoms with E-state index < -0.39 is 0 Å². The van der Waals surface area contributed by atoms with Gasteiger partial charge < -0.3 is 10.7 Å². The van der Waals surface area contributed by atoms with Gasteiger partial charge in [0.2, 0.25) is 0 Å². The van der Waals surface area contributed by atoms with Crippen LogP contribution in [0, 0.1) is 19.8 Å². The van der Waals surface area contributed by atoms with Crippen LogP contribution in [0.5, 0.6) is 0 Å². The van der Waals surface area contributed by atoms with Crippen LogP contribution >= 0.6 is 23.7 Å². The fourth-order valence-electron chi connectivity index (χ4n) is 3.35. The molecule has 5 nitrogen and oxygen atoms in total. The first-order valence-electron chi connectivity index (χ1n) is 7.99. The predicted molar refractivity (Wildman–Crippen MR) is 98.6 cm³/mol. The maximum atomic E-state index is 12.3. The van der Waals surface area contributed by atoms with Gasteiger partial charge in [0.25, 0.3) is 5.56 Å². The summed E-state index contributed by atoms with van der Waals surface area (Å²) in [5.41, 5.74) is 6.73. The number of aryl methyl sites for hydroxylation is 2. The highest BCUT2D eigenvalue weighted by Gasteiger charge is 2.20. The summed E-state index contributed by atoms with van der Waals surface area (Å²) in [6.45, 7) is 7.65. The van der Waals surface area contributed by atoms with Crippen molar-refractivity contribution in [1.82, 2.24) is 14.9 Å². The van der Waals surface area contributed by atoms with Crippen molar-refractivity contribution >= 4 is 34.0 Å². The molecular formula is C16H25ClN4OS. The molecular weight excluding hydrogens is 332 g/mol. The molecule has 23 heavy (non-hydrogen) atoms. The van der Waals surface area contributed by atoms with Crippen LogP contribution in [-0.4, -0.2) is 34.5 Å². The molecule has 0 radical (unpaired) electrons. The van der Waals surface area contributed by atoms with E-state index in [1.165, 1.54) is 17.7 Å². The average molecular weight is 357 g/mol. The minimum absolute atomic E-state index is 0. The lowest BCUT2D eigenvalue weighted by molar-refractivity contribution is 0.160. The monoisotopic (exact) mass is 356 g/mol. The number of H-pyrrole nitrogens is 1. The number of nitrogens with one attached hydrogen (secondary N) is 1. The molecule has 3 N–H and O–H groups in total. The van der Waals surface area contributed by atoms with Crippen LogP contribution in [0.15, 0.2) is 4.79 Å². The number of thiophene rings is 1. The van der Waals surface area contributed by atoms with Crippen molar-refractivity contribution in [2.45, 2.75) is 39.7 Å². The highest BCUT2D eigenvalue weighted by molar-refractivity contribution is 7.18. The molecule has 2 aromatic heterocycles. The molecule has 1 unspecified atom stereocenters. The van der Waals surface area contributed by atoms with Gasteiger partial charge in [-0.1, -0.05) is 0 Å². The van der Waals surface area contributed by atoms with Crippen molar-refractivity contribution in [2.24, 2.45) is 11.7 Å². The van der Waals surface area contributed by atoms with Crippen molar-refractivity contribution in [3.05, 3.63) is 26.6 Å². The van der Waals surface area contributed by atoms with Gasteiger partial charge in [-0.15, -0.1) is 23.7 Å². The van der Waals surface area contributed by atoms with E-state index in [2.05, 4.69) is 14.9 Å². The average Bonchev–Trinajstić information content (AvgIpc) is 2.75. The van der Waals surface area contributed by atoms with Crippen LogP contribution < -0.4 is 11.3 Å². The Labute approximate surface area is 146 Å². The summed E-state index contributed by atoms with van der Waals surface area (Å²) in [7, 11) is 0. The third kappa shape index (κ3) is 3.94. The number of hydrogen-bond donors (Lipinski definition) is 2. The second-order valence-corrected chi connectivity index (χ2v) is 7.50. The predicted octanol–water partition coefficient (Wildman–Crippen LogP) is 2.58. The van der Waals surface area contributed by atoms with E-state index in [0.717, 1.165) is 54.2 Å². The summed E-state index contributed by atoms with van der Waals surface area (Å²) in [4.78, 5) is 24.4. The Morgan fingerprint density at radius 2 is 2.22 bits per heavy atom. The van der Waals surface area contributed by atoms with Crippen LogP contribution in [0.1, 0.15) is 35.5 Å². The first-order chi connectivity index (χ1) is 10.6. The first-order valence-corrected chi connectivity index (χ1v) is 8.81. The number of likely N-dealkylation sites (tertiary alicyclic amines) is 1. The molecule has 0 bridgehead atoms. The number of nitrogens with zero attached hydrogens (tertiary/aromatic N) is 2. The molecule has 1 atom stereocenters. The van der Waals surface area contributed by atoms with E-state index >= 15 is 0 Å². The van der Waals surface area contributed by atoms with E-state index in [-0.39, 0.29) is 18.0 Å². The second kappa shape index (κ2) is 7.75. The SMILES string of the molecule is Cc1sc2nc(CN3CCCC(CCN)C3)[nH]c(=O)c2c1C.Cl. The van der Waals surface area contributed by atoms with Gasteiger partial charge in [0.15, 0.2) is 0 Å². The van der Waals surface area contributed by atoms with Crippen molar-refractivity contribution in [2.75, 3.05) is 19.6 Å². The summed E-state index contributed by atoms with van der Waals surface area (Å²) in [5, 5.41) is 0.755. The summed E-state index contributed by atoms with van der Waals surface area (Å²) >= 11 is 1.61. The quantitative estimate of drug-likeness (QED) is 0.882. The van der Waals surface area contributed by atoms with E-state index in [9.17, 15) is 4.79 Å². The molecule has 1 aliphatic heterocycles. The van der Waals surface area contributed by atoms with Gasteiger partial charge in [-0.05, 0) is 57.7 Å². The molecule has 1 fully saturated rings. The molecule has 3 heterocycles. The molecule has 128 valence electrons. The van der Waals surface area contributed by atoms with Gasteiger partial charge in [-0.2, -0.15) is 0 Å². The zero-order valence-electron chi connectivity index (χ0n) is 13.7. The van der Waals surface area contributed by atoms with Gasteiger partial charge in [-0.3, -0.25) is 9.69 Å². The minimum Gasteiger partial charge on any atom is -0.330 e. The summed E-state index contributed by atoms with van der Waals surface area (Å²) in [5.74, 6) is 1.47. The van der Waals surface area contributed by atoms with Gasteiger partial charge in [0, 0.05) is 11.4 Å². The summed E-state index contributed by atoms with van der Waals surface area (Å²) in [6.07, 6.45) is 3.55. The first kappa shape index (κ1) is 18.4. The molecule has 0 spiro atoms. The normalized spacial score (nSPS) is 19.0. The molecule has 1 saturated heterocycles. The van der Waals surface area contributed by atoms with Crippen LogP contribution in [0.25, 0.3) is 10.2 Å². The minimum atomic E-state index is -0.00244. The Bertz CT molecular complexity index is 725. The zero-order chi connectivity index (χ0) is 15.7. The van der Waals surface area contributed by atoms with Crippen molar-refractivity contribution in [3.8, 4) is 0 Å². The molecule has 0 aliphatic carbocycles. The van der Waals surface area contributed by atoms with Crippen LogP contribution in [0.4, 0.5) is 0 Å². The highest BCUT2D eigenvalue weighted by Crippen LogP contribution is 2.26. The maximum absolute atomic E-state index is 12.3. The van der Waals surface area contributed by atoms with E-state index in [1.807, 2.05) is 13.8 Å². The fraction of sp³-hybridized carbons (Fsp3) is 0.625. The Morgan fingerprint density at radius 3 is 2.96 bits per heavy atom. The van der Waals surface area contributed by atoms with E-state index in [1.54, 1.807) is 11.3 Å². The molecule has 0 saturated carbocycles. The number of piperidine rings is 1. The third-order valence-corrected chi connectivity index (χ3v) is 5.74. The van der Waals surface area contributed by atoms with Gasteiger partial charge in [0.05, 0.1) is 11.9 Å². The number of aromatic amines is 1. The van der Waals surface area contributed by atoms with Crippen LogP contribution in [0.3, 0.4) is 0 Å². The molecule has 0 aromatic carbocycles. The zero-order valence-corrected chi connectivity index (χ0v) is 15.4. The summed E-state index contributed by atoms with van der Waals surface area (Å²) in [6, 6.07) is 0. The lowest BCUT2D eigenvalue weighted by atomic mass is 9.95. The molecule has 3 rings (SSSR count). The van der Waals surface area contributed by atoms with Crippen LogP contribution in [0.2, 0.25) is 0 Å². The standard InChI is InChI=1S/C16H24N4OS.ClH/c1-10-11(2)22-16-14(10)15(21)18-13(19-16)9-20-7-3-4-12(8-20)5-6-17;/h12H,3-9,17H2,1-2H3,(H,18,19,21);1H. The number of rotatable bonds is 4. The summed E-state index contributed by atoms with van der Waals surface area (Å²) < 4.78 is 0. The smallest absolute Gasteiger partial charge is 0.259 e. The molecule has 2 aromatic rings. The highest BCUT2D eigenvalue weighted by atomic mass is 35.5. The molecule has 1 aliphatic rings. The Hall–Kier alpha value is -0.950. The van der Waals surface area contributed by atoms with Crippen molar-refractivity contribution < 1.29 is 0 Å². The number of halogens is 1. The number of fused-ring (bicyclic) bond motifs is 1. The number of nitrogens with two attached hydrogens (primary N) is 1. The Kier molecular flexibility index (Phi) is 6.19. The number of aromatic nitrogens is 2. The largest absolute Gasteiger partial charge is 0.330 e. The second-order valence-electron chi connectivity index (χ2n) is 6.30. The maximum Gasteiger partial charge on any atom is 0.259 e. The molecule has 7 heteroatoms. The number of hydrogen-bond acceptors (Lipinski definition) is 5. The van der Waals surface area contributed by atoms with Gasteiger partial charge >= 0.3 is 0 Å². The molecule has 0 amide bonds. The van der Waals surface area contributed by atoms with E-state index in [0.29, 0.717) is 5.92 Å². The van der Waals surface area contributed by atoms with Crippen molar-refractivity contribution in [1.29, 1.82) is 0 Å². The van der Waals surface area contributed by atoms with Gasteiger partial charge in [-0.25, -0.2) is 4.98 Å². The Morgan fingerprint density at radius 1 is 1.43 bits per heavy atom.